The summed E-state index contributed by atoms with van der Waals surface area (Å²) in [7, 11) is 0. The van der Waals surface area contributed by atoms with Crippen molar-refractivity contribution < 1.29 is 13.9 Å². The molecule has 1 aliphatic heterocycles. The first-order valence-electron chi connectivity index (χ1n) is 9.80. The van der Waals surface area contributed by atoms with E-state index in [9.17, 15) is 9.18 Å². The number of halogens is 1. The lowest BCUT2D eigenvalue weighted by Gasteiger charge is -2.24. The number of aryl methyl sites for hydroxylation is 1. The van der Waals surface area contributed by atoms with Crippen LogP contribution in [0.15, 0.2) is 36.4 Å². The lowest BCUT2D eigenvalue weighted by atomic mass is 9.95. The number of hydrogen-bond donors (Lipinski definition) is 0. The van der Waals surface area contributed by atoms with Crippen LogP contribution >= 0.6 is 0 Å². The fraction of sp³-hybridized carbons (Fsp3) is 0.364. The number of benzene rings is 1. The van der Waals surface area contributed by atoms with E-state index in [4.69, 9.17) is 4.74 Å². The Hall–Kier alpha value is -3.29. The van der Waals surface area contributed by atoms with E-state index in [1.165, 1.54) is 12.1 Å². The first-order chi connectivity index (χ1) is 14.2. The van der Waals surface area contributed by atoms with Crippen LogP contribution in [0.3, 0.4) is 0 Å². The van der Waals surface area contributed by atoms with E-state index in [2.05, 4.69) is 15.3 Å². The minimum Gasteiger partial charge on any atom is -0.471 e. The fourth-order valence-corrected chi connectivity index (χ4v) is 3.41. The van der Waals surface area contributed by atoms with Gasteiger partial charge in [-0.2, -0.15) is 0 Å². The van der Waals surface area contributed by atoms with Crippen LogP contribution in [-0.2, 0) is 24.5 Å². The van der Waals surface area contributed by atoms with E-state index in [1.807, 2.05) is 44.7 Å². The van der Waals surface area contributed by atoms with Gasteiger partial charge in [-0.05, 0) is 42.8 Å². The molecule has 1 aromatic carbocycles. The van der Waals surface area contributed by atoms with Crippen molar-refractivity contribution in [2.45, 2.75) is 47.4 Å². The van der Waals surface area contributed by atoms with E-state index in [-0.39, 0.29) is 18.3 Å². The summed E-state index contributed by atoms with van der Waals surface area (Å²) in [6, 6.07) is 9.80. The van der Waals surface area contributed by atoms with E-state index < -0.39 is 5.41 Å². The first kappa shape index (κ1) is 20.0. The summed E-state index contributed by atoms with van der Waals surface area (Å²) < 4.78 is 20.8. The van der Waals surface area contributed by atoms with Crippen molar-refractivity contribution in [3.63, 3.8) is 0 Å². The van der Waals surface area contributed by atoms with Crippen molar-refractivity contribution >= 4 is 5.91 Å². The Morgan fingerprint density at radius 1 is 1.13 bits per heavy atom. The summed E-state index contributed by atoms with van der Waals surface area (Å²) in [6.07, 6.45) is 0. The maximum atomic E-state index is 13.2. The Balaban J connectivity index is 1.49. The van der Waals surface area contributed by atoms with Gasteiger partial charge in [-0.25, -0.2) is 14.1 Å². The number of hydrogen-bond acceptors (Lipinski definition) is 5. The van der Waals surface area contributed by atoms with Crippen molar-refractivity contribution in [1.82, 2.24) is 24.9 Å². The maximum absolute atomic E-state index is 13.2. The second-order valence-electron chi connectivity index (χ2n) is 8.46. The molecule has 3 aromatic rings. The van der Waals surface area contributed by atoms with Gasteiger partial charge in [0, 0.05) is 18.0 Å². The number of carbonyl (C=O) groups is 1. The molecule has 4 rings (SSSR count). The Labute approximate surface area is 174 Å². The quantitative estimate of drug-likeness (QED) is 0.659. The monoisotopic (exact) mass is 409 g/mol. The number of nitrogens with zero attached hydrogens (tertiary/aromatic N) is 5. The van der Waals surface area contributed by atoms with E-state index in [1.54, 1.807) is 16.8 Å². The van der Waals surface area contributed by atoms with Gasteiger partial charge >= 0.3 is 0 Å². The molecule has 0 unspecified atom stereocenters. The molecular formula is C22H24FN5O2. The minimum atomic E-state index is -0.426. The lowest BCUT2D eigenvalue weighted by Crippen LogP contribution is -2.35. The summed E-state index contributed by atoms with van der Waals surface area (Å²) in [6.45, 7) is 8.86. The van der Waals surface area contributed by atoms with Crippen LogP contribution in [-0.4, -0.2) is 30.8 Å². The molecule has 0 saturated carbocycles. The number of pyridine rings is 1. The van der Waals surface area contributed by atoms with E-state index in [0.29, 0.717) is 24.7 Å². The van der Waals surface area contributed by atoms with Crippen LogP contribution in [0.25, 0.3) is 5.69 Å². The molecule has 2 aromatic heterocycles. The van der Waals surface area contributed by atoms with Crippen molar-refractivity contribution in [3.05, 3.63) is 64.9 Å². The topological polar surface area (TPSA) is 73.1 Å². The third kappa shape index (κ3) is 3.90. The Bertz CT molecular complexity index is 1090. The van der Waals surface area contributed by atoms with Gasteiger partial charge in [0.1, 0.15) is 18.1 Å². The van der Waals surface area contributed by atoms with Crippen LogP contribution < -0.4 is 4.74 Å². The zero-order valence-electron chi connectivity index (χ0n) is 17.5. The van der Waals surface area contributed by atoms with Crippen LogP contribution in [0.1, 0.15) is 43.4 Å². The van der Waals surface area contributed by atoms with Gasteiger partial charge in [0.05, 0.1) is 23.6 Å². The molecule has 7 nitrogen and oxygen atoms in total. The van der Waals surface area contributed by atoms with Crippen molar-refractivity contribution in [2.24, 2.45) is 5.41 Å². The molecule has 0 atom stereocenters. The minimum absolute atomic E-state index is 0.105. The maximum Gasteiger partial charge on any atom is 0.228 e. The highest BCUT2D eigenvalue weighted by Gasteiger charge is 2.32. The highest BCUT2D eigenvalue weighted by Crippen LogP contribution is 2.28. The van der Waals surface area contributed by atoms with Crippen molar-refractivity contribution in [3.8, 4) is 11.6 Å². The first-order valence-corrected chi connectivity index (χ1v) is 9.80. The molecule has 156 valence electrons. The lowest BCUT2D eigenvalue weighted by molar-refractivity contribution is -0.140. The molecule has 1 amide bonds. The standard InChI is InChI=1S/C22H24FN5O2/c1-14-19(28(26-25-14)17-8-6-16(23)7-9-17)13-30-20-10-5-15-11-27(12-18(15)24-20)21(29)22(2,3)4/h5-10H,11-13H2,1-4H3. The third-order valence-corrected chi connectivity index (χ3v) is 5.06. The van der Waals surface area contributed by atoms with E-state index in [0.717, 1.165) is 22.6 Å². The molecule has 0 fully saturated rings. The molecule has 0 radical (unpaired) electrons. The summed E-state index contributed by atoms with van der Waals surface area (Å²) in [4.78, 5) is 19.0. The van der Waals surface area contributed by atoms with E-state index >= 15 is 0 Å². The number of amides is 1. The average Bonchev–Trinajstić information content (AvgIpc) is 3.28. The summed E-state index contributed by atoms with van der Waals surface area (Å²) in [5.41, 5.74) is 3.65. The summed E-state index contributed by atoms with van der Waals surface area (Å²) in [5.74, 6) is 0.271. The SMILES string of the molecule is Cc1nnn(-c2ccc(F)cc2)c1COc1ccc2c(n1)CN(C(=O)C(C)(C)C)C2. The smallest absolute Gasteiger partial charge is 0.228 e. The van der Waals surface area contributed by atoms with Crippen LogP contribution in [0.2, 0.25) is 0 Å². The normalized spacial score (nSPS) is 13.4. The largest absolute Gasteiger partial charge is 0.471 e. The summed E-state index contributed by atoms with van der Waals surface area (Å²) in [5, 5.41) is 8.25. The Morgan fingerprint density at radius 3 is 2.57 bits per heavy atom. The molecule has 0 spiro atoms. The third-order valence-electron chi connectivity index (χ3n) is 5.06. The molecule has 0 N–H and O–H groups in total. The summed E-state index contributed by atoms with van der Waals surface area (Å²) >= 11 is 0. The molecule has 0 bridgehead atoms. The molecule has 3 heterocycles. The van der Waals surface area contributed by atoms with Crippen LogP contribution in [0, 0.1) is 18.2 Å². The second-order valence-corrected chi connectivity index (χ2v) is 8.46. The highest BCUT2D eigenvalue weighted by molar-refractivity contribution is 5.82. The number of carbonyl (C=O) groups excluding carboxylic acids is 1. The molecule has 1 aliphatic rings. The van der Waals surface area contributed by atoms with Gasteiger partial charge in [-0.3, -0.25) is 4.79 Å². The Morgan fingerprint density at radius 2 is 1.87 bits per heavy atom. The number of rotatable bonds is 4. The van der Waals surface area contributed by atoms with Crippen molar-refractivity contribution in [1.29, 1.82) is 0 Å². The predicted octanol–water partition coefficient (Wildman–Crippen LogP) is 3.58. The van der Waals surface area contributed by atoms with Gasteiger partial charge in [0.25, 0.3) is 0 Å². The molecule has 8 heteroatoms. The Kier molecular flexibility index (Phi) is 5.01. The van der Waals surface area contributed by atoms with Crippen molar-refractivity contribution in [2.75, 3.05) is 0 Å². The van der Waals surface area contributed by atoms with Crippen LogP contribution in [0.5, 0.6) is 5.88 Å². The van der Waals surface area contributed by atoms with Gasteiger partial charge in [0.2, 0.25) is 11.8 Å². The number of aromatic nitrogens is 4. The number of fused-ring (bicyclic) bond motifs is 1. The fourth-order valence-electron chi connectivity index (χ4n) is 3.41. The molecular weight excluding hydrogens is 385 g/mol. The zero-order valence-corrected chi connectivity index (χ0v) is 17.5. The molecule has 0 saturated heterocycles. The molecule has 30 heavy (non-hydrogen) atoms. The van der Waals surface area contributed by atoms with Gasteiger partial charge < -0.3 is 9.64 Å². The number of ether oxygens (including phenoxy) is 1. The van der Waals surface area contributed by atoms with Crippen LogP contribution in [0.4, 0.5) is 4.39 Å². The van der Waals surface area contributed by atoms with Gasteiger partial charge in [0.15, 0.2) is 0 Å². The highest BCUT2D eigenvalue weighted by atomic mass is 19.1. The van der Waals surface area contributed by atoms with Gasteiger partial charge in [-0.15, -0.1) is 5.10 Å². The molecule has 0 aliphatic carbocycles. The zero-order chi connectivity index (χ0) is 21.5. The average molecular weight is 409 g/mol. The van der Waals surface area contributed by atoms with Gasteiger partial charge in [-0.1, -0.05) is 26.0 Å². The second kappa shape index (κ2) is 7.51. The predicted molar refractivity (Wildman–Crippen MR) is 108 cm³/mol.